The lowest BCUT2D eigenvalue weighted by Gasteiger charge is -2.22. The molecule has 0 fully saturated rings. The van der Waals surface area contributed by atoms with Gasteiger partial charge in [-0.05, 0) is 44.9 Å². The van der Waals surface area contributed by atoms with Gasteiger partial charge >= 0.3 is 5.97 Å². The summed E-state index contributed by atoms with van der Waals surface area (Å²) < 4.78 is 5.41. The smallest absolute Gasteiger partial charge is 0.305 e. The first-order chi connectivity index (χ1) is 24.5. The Bertz CT molecular complexity index is 742. The molecule has 0 heterocycles. The Balaban J connectivity index is 3.56. The zero-order valence-corrected chi connectivity index (χ0v) is 33.4. The van der Waals surface area contributed by atoms with Gasteiger partial charge in [0.25, 0.3) is 0 Å². The Labute approximate surface area is 310 Å². The Morgan fingerprint density at radius 3 is 1.46 bits per heavy atom. The highest BCUT2D eigenvalue weighted by Crippen LogP contribution is 2.15. The lowest BCUT2D eigenvalue weighted by atomic mass is 10.0. The van der Waals surface area contributed by atoms with Gasteiger partial charge < -0.3 is 20.3 Å². The Hall–Kier alpha value is -1.40. The molecule has 0 rings (SSSR count). The van der Waals surface area contributed by atoms with Gasteiger partial charge in [0.05, 0.1) is 25.4 Å². The van der Waals surface area contributed by atoms with E-state index < -0.39 is 12.1 Å². The minimum absolute atomic E-state index is 0.0356. The van der Waals surface area contributed by atoms with Crippen LogP contribution in [-0.4, -0.2) is 47.4 Å². The number of rotatable bonds is 40. The van der Waals surface area contributed by atoms with Gasteiger partial charge in [0.2, 0.25) is 5.91 Å². The highest BCUT2D eigenvalue weighted by molar-refractivity contribution is 5.76. The maximum absolute atomic E-state index is 12.4. The number of amides is 1. The number of hydrogen-bond acceptors (Lipinski definition) is 5. The van der Waals surface area contributed by atoms with E-state index in [-0.39, 0.29) is 18.5 Å². The molecule has 3 N–H and O–H groups in total. The van der Waals surface area contributed by atoms with Crippen molar-refractivity contribution in [3.63, 3.8) is 0 Å². The van der Waals surface area contributed by atoms with Gasteiger partial charge in [-0.15, -0.1) is 0 Å². The molecule has 50 heavy (non-hydrogen) atoms. The second-order valence-electron chi connectivity index (χ2n) is 15.0. The van der Waals surface area contributed by atoms with Crippen molar-refractivity contribution >= 4 is 11.9 Å². The number of esters is 1. The molecule has 0 saturated carbocycles. The fourth-order valence-corrected chi connectivity index (χ4v) is 6.64. The summed E-state index contributed by atoms with van der Waals surface area (Å²) in [6.07, 6.45) is 43.1. The summed E-state index contributed by atoms with van der Waals surface area (Å²) >= 11 is 0. The summed E-state index contributed by atoms with van der Waals surface area (Å²) in [5, 5.41) is 23.0. The number of hydrogen-bond donors (Lipinski definition) is 3. The number of aliphatic hydroxyl groups excluding tert-OH is 2. The molecule has 2 atom stereocenters. The van der Waals surface area contributed by atoms with Crippen LogP contribution in [0.5, 0.6) is 0 Å². The second-order valence-corrected chi connectivity index (χ2v) is 15.0. The van der Waals surface area contributed by atoms with Gasteiger partial charge in [0.15, 0.2) is 0 Å². The van der Waals surface area contributed by atoms with Crippen molar-refractivity contribution in [1.29, 1.82) is 0 Å². The predicted octanol–water partition coefficient (Wildman–Crippen LogP) is 12.2. The third kappa shape index (κ3) is 36.4. The number of carbonyl (C=O) groups excluding carboxylic acids is 2. The van der Waals surface area contributed by atoms with Crippen molar-refractivity contribution in [2.24, 2.45) is 0 Å². The molecule has 0 aromatic heterocycles. The normalized spacial score (nSPS) is 12.8. The molecule has 0 bridgehead atoms. The minimum Gasteiger partial charge on any atom is -0.466 e. The first kappa shape index (κ1) is 48.6. The zero-order chi connectivity index (χ0) is 36.6. The van der Waals surface area contributed by atoms with E-state index >= 15 is 0 Å². The maximum Gasteiger partial charge on any atom is 0.305 e. The van der Waals surface area contributed by atoms with Gasteiger partial charge in [0, 0.05) is 12.8 Å². The van der Waals surface area contributed by atoms with E-state index in [1.807, 2.05) is 0 Å². The van der Waals surface area contributed by atoms with Crippen molar-refractivity contribution < 1.29 is 24.5 Å². The third-order valence-electron chi connectivity index (χ3n) is 10.1. The van der Waals surface area contributed by atoms with E-state index in [9.17, 15) is 19.8 Å². The zero-order valence-electron chi connectivity index (χ0n) is 33.4. The molecule has 2 unspecified atom stereocenters. The summed E-state index contributed by atoms with van der Waals surface area (Å²) in [7, 11) is 0. The van der Waals surface area contributed by atoms with Crippen LogP contribution in [0, 0.1) is 0 Å². The second kappa shape index (κ2) is 40.4. The van der Waals surface area contributed by atoms with Gasteiger partial charge in [-0.25, -0.2) is 0 Å². The van der Waals surface area contributed by atoms with Crippen LogP contribution in [0.4, 0.5) is 0 Å². The van der Waals surface area contributed by atoms with Crippen LogP contribution in [0.25, 0.3) is 0 Å². The molecule has 0 aromatic carbocycles. The van der Waals surface area contributed by atoms with Gasteiger partial charge in [-0.3, -0.25) is 9.59 Å². The molecule has 0 spiro atoms. The van der Waals surface area contributed by atoms with Gasteiger partial charge in [-0.2, -0.15) is 0 Å². The fourth-order valence-electron chi connectivity index (χ4n) is 6.64. The molecule has 0 aliphatic carbocycles. The molecule has 296 valence electrons. The van der Waals surface area contributed by atoms with Crippen LogP contribution < -0.4 is 5.32 Å². The monoisotopic (exact) mass is 708 g/mol. The molecule has 0 aliphatic heterocycles. The topological polar surface area (TPSA) is 95.9 Å². The predicted molar refractivity (Wildman–Crippen MR) is 213 cm³/mol. The molecular weight excluding hydrogens is 622 g/mol. The van der Waals surface area contributed by atoms with Crippen molar-refractivity contribution in [1.82, 2.24) is 5.32 Å². The summed E-state index contributed by atoms with van der Waals surface area (Å²) in [6.45, 7) is 4.84. The summed E-state index contributed by atoms with van der Waals surface area (Å²) in [5.74, 6) is -0.132. The third-order valence-corrected chi connectivity index (χ3v) is 10.1. The molecule has 6 nitrogen and oxygen atoms in total. The largest absolute Gasteiger partial charge is 0.466 e. The van der Waals surface area contributed by atoms with Crippen molar-refractivity contribution in [2.75, 3.05) is 13.2 Å². The van der Waals surface area contributed by atoms with E-state index in [1.165, 1.54) is 128 Å². The van der Waals surface area contributed by atoms with Crippen LogP contribution in [0.2, 0.25) is 0 Å². The van der Waals surface area contributed by atoms with Gasteiger partial charge in [-0.1, -0.05) is 187 Å². The standard InChI is InChI=1S/C44H85NO5/c1-3-5-7-9-11-13-15-17-20-24-28-32-36-42(47)41(40-46)45-43(48)37-33-29-25-21-19-23-27-31-35-39-50-44(49)38-34-30-26-22-18-16-14-12-10-8-6-4-2/h21,25,41-42,46-47H,3-20,22-24,26-40H2,1-2H3,(H,45,48)/b25-21-. The first-order valence-electron chi connectivity index (χ1n) is 21.9. The van der Waals surface area contributed by atoms with Crippen LogP contribution in [0.1, 0.15) is 232 Å². The maximum atomic E-state index is 12.4. The minimum atomic E-state index is -0.692. The summed E-state index contributed by atoms with van der Waals surface area (Å²) in [5.41, 5.74) is 0. The number of aliphatic hydroxyl groups is 2. The van der Waals surface area contributed by atoms with Crippen LogP contribution in [-0.2, 0) is 14.3 Å². The van der Waals surface area contributed by atoms with Crippen molar-refractivity contribution in [3.05, 3.63) is 12.2 Å². The Kier molecular flexibility index (Phi) is 39.2. The Morgan fingerprint density at radius 1 is 0.540 bits per heavy atom. The lowest BCUT2D eigenvalue weighted by molar-refractivity contribution is -0.143. The summed E-state index contributed by atoms with van der Waals surface area (Å²) in [4.78, 5) is 24.3. The van der Waals surface area contributed by atoms with Gasteiger partial charge in [0.1, 0.15) is 0 Å². The van der Waals surface area contributed by atoms with E-state index in [4.69, 9.17) is 4.74 Å². The molecule has 0 aromatic rings. The SMILES string of the molecule is CCCCCCCCCCCCCCC(=O)OCCCCCC/C=C\CCCC(=O)NC(CO)C(O)CCCCCCCCCCCCCC. The van der Waals surface area contributed by atoms with E-state index in [2.05, 4.69) is 31.3 Å². The molecule has 0 aliphatic rings. The highest BCUT2D eigenvalue weighted by atomic mass is 16.5. The average molecular weight is 708 g/mol. The van der Waals surface area contributed by atoms with Crippen LogP contribution >= 0.6 is 0 Å². The average Bonchev–Trinajstić information content (AvgIpc) is 3.11. The number of carbonyl (C=O) groups is 2. The molecular formula is C44H85NO5. The van der Waals surface area contributed by atoms with E-state index in [1.54, 1.807) is 0 Å². The van der Waals surface area contributed by atoms with Crippen molar-refractivity contribution in [3.8, 4) is 0 Å². The molecule has 0 saturated heterocycles. The van der Waals surface area contributed by atoms with Crippen LogP contribution in [0.3, 0.4) is 0 Å². The lowest BCUT2D eigenvalue weighted by Crippen LogP contribution is -2.45. The molecule has 0 radical (unpaired) electrons. The number of nitrogens with one attached hydrogen (secondary N) is 1. The quantitative estimate of drug-likeness (QED) is 0.0335. The molecule has 6 heteroatoms. The first-order valence-corrected chi connectivity index (χ1v) is 21.9. The van der Waals surface area contributed by atoms with Crippen molar-refractivity contribution in [2.45, 2.75) is 244 Å². The Morgan fingerprint density at radius 2 is 0.960 bits per heavy atom. The fraction of sp³-hybridized carbons (Fsp3) is 0.909. The van der Waals surface area contributed by atoms with E-state index in [0.717, 1.165) is 70.6 Å². The summed E-state index contributed by atoms with van der Waals surface area (Å²) in [6, 6.07) is -0.575. The van der Waals surface area contributed by atoms with Crippen LogP contribution in [0.15, 0.2) is 12.2 Å². The molecule has 1 amide bonds. The number of ether oxygens (including phenoxy) is 1. The number of unbranched alkanes of at least 4 members (excludes halogenated alkanes) is 27. The highest BCUT2D eigenvalue weighted by Gasteiger charge is 2.19. The number of allylic oxidation sites excluding steroid dienone is 2. The van der Waals surface area contributed by atoms with E-state index in [0.29, 0.717) is 25.9 Å².